The fraction of sp³-hybridized carbons (Fsp3) is 0.133. The van der Waals surface area contributed by atoms with Crippen LogP contribution in [0.1, 0.15) is 44.1 Å². The normalized spacial score (nSPS) is 12.2. The highest BCUT2D eigenvalue weighted by atomic mass is 32.1. The number of benzene rings is 3. The Labute approximate surface area is 233 Å². The first-order chi connectivity index (χ1) is 19.3. The Morgan fingerprint density at radius 1 is 0.850 bits per heavy atom. The first kappa shape index (κ1) is 26.6. The van der Waals surface area contributed by atoms with Gasteiger partial charge in [0.1, 0.15) is 28.3 Å². The molecule has 0 fully saturated rings. The second-order valence-electron chi connectivity index (χ2n) is 9.03. The second kappa shape index (κ2) is 11.4. The zero-order valence-electron chi connectivity index (χ0n) is 21.1. The van der Waals surface area contributed by atoms with E-state index in [1.165, 1.54) is 22.8 Å². The van der Waals surface area contributed by atoms with E-state index >= 15 is 0 Å². The van der Waals surface area contributed by atoms with Gasteiger partial charge in [-0.2, -0.15) is 0 Å². The van der Waals surface area contributed by atoms with E-state index in [0.717, 1.165) is 27.8 Å². The number of aromatic carboxylic acids is 1. The number of carbonyl (C=O) groups is 2. The molecule has 9 nitrogen and oxygen atoms in total. The van der Waals surface area contributed by atoms with Crippen molar-refractivity contribution in [1.82, 2.24) is 9.55 Å². The summed E-state index contributed by atoms with van der Waals surface area (Å²) in [4.78, 5) is 38.4. The number of fused-ring (bicyclic) bond motifs is 2. The number of ether oxygens (including phenoxy) is 2. The van der Waals surface area contributed by atoms with Crippen LogP contribution in [-0.4, -0.2) is 44.9 Å². The Kier molecular flexibility index (Phi) is 7.61. The molecule has 0 bridgehead atoms. The smallest absolute Gasteiger partial charge is 0.343 e. The summed E-state index contributed by atoms with van der Waals surface area (Å²) < 4.78 is 12.6. The molecule has 1 aliphatic rings. The van der Waals surface area contributed by atoms with Gasteiger partial charge in [0, 0.05) is 17.7 Å². The Bertz CT molecular complexity index is 1710. The Balaban J connectivity index is 1.46. The molecule has 4 aromatic rings. The van der Waals surface area contributed by atoms with Gasteiger partial charge in [-0.25, -0.2) is 14.4 Å². The lowest BCUT2D eigenvalue weighted by atomic mass is 9.83. The lowest BCUT2D eigenvalue weighted by Crippen LogP contribution is -2.27. The predicted octanol–water partition coefficient (Wildman–Crippen LogP) is 4.81. The molecule has 0 spiro atoms. The van der Waals surface area contributed by atoms with Crippen molar-refractivity contribution in [1.29, 1.82) is 0 Å². The van der Waals surface area contributed by atoms with Crippen LogP contribution in [0.5, 0.6) is 11.5 Å². The van der Waals surface area contributed by atoms with Crippen LogP contribution < -0.4 is 15.2 Å². The molecule has 202 valence electrons. The largest absolute Gasteiger partial charge is 0.491 e. The number of aliphatic carboxylic acids is 1. The van der Waals surface area contributed by atoms with Crippen molar-refractivity contribution in [3.8, 4) is 11.5 Å². The van der Waals surface area contributed by atoms with Crippen LogP contribution in [0, 0.1) is 4.64 Å². The standard InChI is InChI=1S/C30H24N2O7S/c33-25(34)17-39-24-11-5-10-23(27(24)29(35)36)38-15-14-32-16-22(28(40)31-30(32)37)26-20-8-3-1-6-18(20)12-13-19-7-2-4-9-21(19)26/h1-13,16,26H,14-15,17H2,(H,33,34)(H,35,36)(H,31,37,40). The summed E-state index contributed by atoms with van der Waals surface area (Å²) in [6.07, 6.45) is 5.86. The molecule has 3 aromatic carbocycles. The number of aromatic nitrogens is 2. The zero-order chi connectivity index (χ0) is 28.2. The number of aromatic amines is 1. The summed E-state index contributed by atoms with van der Waals surface area (Å²) >= 11 is 5.63. The summed E-state index contributed by atoms with van der Waals surface area (Å²) in [7, 11) is 0. The van der Waals surface area contributed by atoms with Gasteiger partial charge >= 0.3 is 17.6 Å². The second-order valence-corrected chi connectivity index (χ2v) is 9.43. The molecule has 3 N–H and O–H groups in total. The number of hydrogen-bond acceptors (Lipinski definition) is 6. The Hall–Kier alpha value is -4.96. The molecule has 0 amide bonds. The van der Waals surface area contributed by atoms with Gasteiger partial charge in [-0.1, -0.05) is 79.0 Å². The fourth-order valence-electron chi connectivity index (χ4n) is 4.79. The van der Waals surface area contributed by atoms with Crippen molar-refractivity contribution in [2.75, 3.05) is 13.2 Å². The molecule has 0 aliphatic heterocycles. The van der Waals surface area contributed by atoms with Gasteiger partial charge in [-0.05, 0) is 34.4 Å². The van der Waals surface area contributed by atoms with Crippen molar-refractivity contribution in [3.63, 3.8) is 0 Å². The monoisotopic (exact) mass is 556 g/mol. The molecule has 0 atom stereocenters. The minimum absolute atomic E-state index is 0.00905. The minimum Gasteiger partial charge on any atom is -0.491 e. The average molecular weight is 557 g/mol. The third kappa shape index (κ3) is 5.43. The van der Waals surface area contributed by atoms with Crippen molar-refractivity contribution < 1.29 is 29.3 Å². The van der Waals surface area contributed by atoms with Gasteiger partial charge in [0.25, 0.3) is 0 Å². The maximum Gasteiger partial charge on any atom is 0.343 e. The third-order valence-corrected chi connectivity index (χ3v) is 6.89. The number of H-pyrrole nitrogens is 1. The van der Waals surface area contributed by atoms with Gasteiger partial charge in [0.15, 0.2) is 6.61 Å². The highest BCUT2D eigenvalue weighted by Gasteiger charge is 2.25. The summed E-state index contributed by atoms with van der Waals surface area (Å²) in [5.74, 6) is -2.95. The van der Waals surface area contributed by atoms with E-state index in [-0.39, 0.29) is 36.1 Å². The van der Waals surface area contributed by atoms with Gasteiger partial charge in [0.05, 0.1) is 6.54 Å². The van der Waals surface area contributed by atoms with Gasteiger partial charge in [0.2, 0.25) is 0 Å². The number of hydrogen-bond donors (Lipinski definition) is 3. The van der Waals surface area contributed by atoms with Gasteiger partial charge in [-0.15, -0.1) is 0 Å². The summed E-state index contributed by atoms with van der Waals surface area (Å²) in [5.41, 5.74) is 4.21. The summed E-state index contributed by atoms with van der Waals surface area (Å²) in [6.45, 7) is -0.661. The molecule has 40 heavy (non-hydrogen) atoms. The van der Waals surface area contributed by atoms with Crippen LogP contribution in [-0.2, 0) is 11.3 Å². The quantitative estimate of drug-likeness (QED) is 0.221. The third-order valence-electron chi connectivity index (χ3n) is 6.55. The first-order valence-corrected chi connectivity index (χ1v) is 12.8. The highest BCUT2D eigenvalue weighted by molar-refractivity contribution is 7.71. The van der Waals surface area contributed by atoms with Crippen molar-refractivity contribution >= 4 is 36.3 Å². The van der Waals surface area contributed by atoms with Crippen LogP contribution in [0.25, 0.3) is 12.2 Å². The van der Waals surface area contributed by atoms with E-state index in [2.05, 4.69) is 17.1 Å². The van der Waals surface area contributed by atoms with E-state index in [4.69, 9.17) is 26.8 Å². The predicted molar refractivity (Wildman–Crippen MR) is 151 cm³/mol. The number of rotatable bonds is 9. The van der Waals surface area contributed by atoms with E-state index in [9.17, 15) is 19.5 Å². The molecule has 1 aromatic heterocycles. The van der Waals surface area contributed by atoms with Gasteiger partial charge < -0.3 is 19.7 Å². The molecule has 1 heterocycles. The topological polar surface area (TPSA) is 131 Å². The molecule has 10 heteroatoms. The van der Waals surface area contributed by atoms with Crippen LogP contribution >= 0.6 is 12.2 Å². The molecule has 0 saturated heterocycles. The van der Waals surface area contributed by atoms with Crippen LogP contribution in [0.3, 0.4) is 0 Å². The van der Waals surface area contributed by atoms with Crippen LogP contribution in [0.4, 0.5) is 0 Å². The lowest BCUT2D eigenvalue weighted by molar-refractivity contribution is -0.139. The van der Waals surface area contributed by atoms with E-state index in [0.29, 0.717) is 4.64 Å². The highest BCUT2D eigenvalue weighted by Crippen LogP contribution is 2.39. The zero-order valence-corrected chi connectivity index (χ0v) is 21.9. The first-order valence-electron chi connectivity index (χ1n) is 12.4. The Morgan fingerprint density at radius 2 is 1.45 bits per heavy atom. The summed E-state index contributed by atoms with van der Waals surface area (Å²) in [5, 5.41) is 18.6. The van der Waals surface area contributed by atoms with E-state index < -0.39 is 24.2 Å². The van der Waals surface area contributed by atoms with Crippen LogP contribution in [0.15, 0.2) is 77.7 Å². The number of carboxylic acid groups (broad SMARTS) is 2. The molecule has 0 radical (unpaired) electrons. The number of nitrogens with zero attached hydrogens (tertiary/aromatic N) is 1. The average Bonchev–Trinajstić information content (AvgIpc) is 3.10. The minimum atomic E-state index is -1.33. The maximum atomic E-state index is 12.9. The van der Waals surface area contributed by atoms with Crippen molar-refractivity contribution in [2.24, 2.45) is 0 Å². The molecule has 0 unspecified atom stereocenters. The van der Waals surface area contributed by atoms with E-state index in [1.807, 2.05) is 48.5 Å². The lowest BCUT2D eigenvalue weighted by Gasteiger charge is -2.22. The van der Waals surface area contributed by atoms with Crippen LogP contribution in [0.2, 0.25) is 0 Å². The Morgan fingerprint density at radius 3 is 2.05 bits per heavy atom. The van der Waals surface area contributed by atoms with Gasteiger partial charge in [-0.3, -0.25) is 9.55 Å². The SMILES string of the molecule is O=C(O)COc1cccc(OCCn2cc(C3c4ccccc4C=Cc4ccccc43)c(=S)[nH]c2=O)c1C(=O)O. The molecular weight excluding hydrogens is 532 g/mol. The number of carboxylic acids is 2. The maximum absolute atomic E-state index is 12.9. The van der Waals surface area contributed by atoms with Crippen molar-refractivity contribution in [3.05, 3.63) is 121 Å². The van der Waals surface area contributed by atoms with E-state index in [1.54, 1.807) is 6.20 Å². The van der Waals surface area contributed by atoms with Crippen molar-refractivity contribution in [2.45, 2.75) is 12.5 Å². The summed E-state index contributed by atoms with van der Waals surface area (Å²) in [6, 6.07) is 20.4. The molecular formula is C30H24N2O7S. The number of nitrogens with one attached hydrogen (secondary N) is 1. The molecule has 1 aliphatic carbocycles. The molecule has 0 saturated carbocycles. The fourth-order valence-corrected chi connectivity index (χ4v) is 5.04. The molecule has 5 rings (SSSR count).